The van der Waals surface area contributed by atoms with E-state index in [1.54, 1.807) is 10.8 Å². The smallest absolute Gasteiger partial charge is 0.207 e. The fourth-order valence-corrected chi connectivity index (χ4v) is 3.66. The molecule has 9 heteroatoms. The molecule has 108 valence electrons. The Morgan fingerprint density at radius 3 is 2.35 bits per heavy atom. The highest BCUT2D eigenvalue weighted by Gasteiger charge is 2.65. The summed E-state index contributed by atoms with van der Waals surface area (Å²) >= 11 is 5.70. The van der Waals surface area contributed by atoms with Crippen LogP contribution in [0.1, 0.15) is 18.4 Å². The van der Waals surface area contributed by atoms with E-state index in [1.807, 2.05) is 0 Å². The Balaban J connectivity index is 2.36. The maximum absolute atomic E-state index is 12.8. The first-order chi connectivity index (χ1) is 9.11. The second-order valence-corrected chi connectivity index (χ2v) is 6.50. The van der Waals surface area contributed by atoms with Crippen molar-refractivity contribution >= 4 is 21.6 Å². The van der Waals surface area contributed by atoms with Gasteiger partial charge < -0.3 is 0 Å². The van der Waals surface area contributed by atoms with Crippen molar-refractivity contribution in [1.82, 2.24) is 4.72 Å². The van der Waals surface area contributed by atoms with E-state index in [4.69, 9.17) is 16.9 Å². The number of sulfonamides is 1. The molecule has 1 aromatic carbocycles. The summed E-state index contributed by atoms with van der Waals surface area (Å²) in [7, 11) is -4.41. The van der Waals surface area contributed by atoms with Gasteiger partial charge in [0.25, 0.3) is 0 Å². The Labute approximate surface area is 118 Å². The molecule has 0 heterocycles. The Morgan fingerprint density at radius 1 is 1.35 bits per heavy atom. The summed E-state index contributed by atoms with van der Waals surface area (Å²) in [6.07, 6.45) is -5.26. The normalized spacial score (nSPS) is 17.6. The number of nitriles is 1. The minimum Gasteiger partial charge on any atom is -0.207 e. The molecule has 0 saturated heterocycles. The van der Waals surface area contributed by atoms with Gasteiger partial charge in [-0.2, -0.15) is 23.2 Å². The zero-order valence-corrected chi connectivity index (χ0v) is 11.4. The third-order valence-electron chi connectivity index (χ3n) is 2.97. The van der Waals surface area contributed by atoms with Gasteiger partial charge in [-0.1, -0.05) is 11.6 Å². The second kappa shape index (κ2) is 4.62. The molecule has 1 N–H and O–H groups in total. The average molecular weight is 325 g/mol. The molecule has 0 unspecified atom stereocenters. The van der Waals surface area contributed by atoms with Gasteiger partial charge in [-0.3, -0.25) is 0 Å². The van der Waals surface area contributed by atoms with Gasteiger partial charge in [-0.15, -0.1) is 0 Å². The van der Waals surface area contributed by atoms with Crippen LogP contribution < -0.4 is 4.72 Å². The molecular formula is C11H8ClF3N2O2S. The van der Waals surface area contributed by atoms with Crippen molar-refractivity contribution in [2.75, 3.05) is 0 Å². The lowest BCUT2D eigenvalue weighted by Gasteiger charge is -2.20. The summed E-state index contributed by atoms with van der Waals surface area (Å²) in [5.74, 6) is 0. The van der Waals surface area contributed by atoms with Gasteiger partial charge >= 0.3 is 6.18 Å². The molecule has 1 aliphatic rings. The number of nitrogens with one attached hydrogen (secondary N) is 1. The van der Waals surface area contributed by atoms with E-state index in [0.29, 0.717) is 0 Å². The summed E-state index contributed by atoms with van der Waals surface area (Å²) in [5, 5.41) is 8.34. The molecule has 0 aromatic heterocycles. The molecule has 0 amide bonds. The Bertz CT molecular complexity index is 691. The number of rotatable bonds is 3. The summed E-state index contributed by atoms with van der Waals surface area (Å²) in [5.41, 5.74) is -2.28. The maximum atomic E-state index is 12.8. The molecule has 0 bridgehead atoms. The van der Waals surface area contributed by atoms with Crippen molar-refractivity contribution in [2.24, 2.45) is 0 Å². The zero-order chi connectivity index (χ0) is 15.2. The topological polar surface area (TPSA) is 70.0 Å². The molecule has 2 rings (SSSR count). The first-order valence-corrected chi connectivity index (χ1v) is 7.28. The van der Waals surface area contributed by atoms with Crippen LogP contribution in [0.5, 0.6) is 0 Å². The largest absolute Gasteiger partial charge is 0.407 e. The van der Waals surface area contributed by atoms with Crippen molar-refractivity contribution in [3.8, 4) is 6.07 Å². The standard InChI is InChI=1S/C11H8ClF3N2O2S/c12-8-5-7(6-16)1-2-9(8)20(18,19)17-10(3-4-10)11(13,14)15/h1-2,5,17H,3-4H2. The predicted octanol–water partition coefficient (Wildman–Crippen LogP) is 2.58. The Hall–Kier alpha value is -1.30. The van der Waals surface area contributed by atoms with Crippen molar-refractivity contribution in [3.05, 3.63) is 28.8 Å². The summed E-state index contributed by atoms with van der Waals surface area (Å²) in [6.45, 7) is 0. The average Bonchev–Trinajstić information content (AvgIpc) is 3.08. The SMILES string of the molecule is N#Cc1ccc(S(=O)(=O)NC2(C(F)(F)F)CC2)c(Cl)c1. The van der Waals surface area contributed by atoms with E-state index in [9.17, 15) is 21.6 Å². The van der Waals surface area contributed by atoms with E-state index in [1.165, 1.54) is 6.07 Å². The van der Waals surface area contributed by atoms with Gasteiger partial charge in [-0.25, -0.2) is 8.42 Å². The van der Waals surface area contributed by atoms with E-state index in [-0.39, 0.29) is 23.4 Å². The number of halogens is 4. The number of hydrogen-bond acceptors (Lipinski definition) is 3. The first kappa shape index (κ1) is 15.1. The van der Waals surface area contributed by atoms with Crippen LogP contribution in [0.15, 0.2) is 23.1 Å². The summed E-state index contributed by atoms with van der Waals surface area (Å²) < 4.78 is 63.9. The van der Waals surface area contributed by atoms with Crippen molar-refractivity contribution < 1.29 is 21.6 Å². The second-order valence-electron chi connectivity index (χ2n) is 4.44. The molecule has 1 aromatic rings. The number of nitrogens with zero attached hydrogens (tertiary/aromatic N) is 1. The molecule has 20 heavy (non-hydrogen) atoms. The van der Waals surface area contributed by atoms with Gasteiger partial charge in [0.15, 0.2) is 0 Å². The lowest BCUT2D eigenvalue weighted by Crippen LogP contribution is -2.47. The van der Waals surface area contributed by atoms with Crippen LogP contribution in [0.4, 0.5) is 13.2 Å². The lowest BCUT2D eigenvalue weighted by molar-refractivity contribution is -0.160. The van der Waals surface area contributed by atoms with Gasteiger partial charge in [0, 0.05) is 0 Å². The van der Waals surface area contributed by atoms with Crippen LogP contribution in [0, 0.1) is 11.3 Å². The number of hydrogen-bond donors (Lipinski definition) is 1. The molecular weight excluding hydrogens is 317 g/mol. The fraction of sp³-hybridized carbons (Fsp3) is 0.364. The quantitative estimate of drug-likeness (QED) is 0.929. The number of benzene rings is 1. The molecule has 0 aliphatic heterocycles. The van der Waals surface area contributed by atoms with E-state index in [0.717, 1.165) is 12.1 Å². The molecule has 1 aliphatic carbocycles. The number of alkyl halides is 3. The highest BCUT2D eigenvalue weighted by molar-refractivity contribution is 7.89. The maximum Gasteiger partial charge on any atom is 0.407 e. The van der Waals surface area contributed by atoms with Gasteiger partial charge in [-0.05, 0) is 31.0 Å². The lowest BCUT2D eigenvalue weighted by atomic mass is 10.2. The van der Waals surface area contributed by atoms with Crippen LogP contribution in [-0.2, 0) is 10.0 Å². The van der Waals surface area contributed by atoms with E-state index < -0.39 is 26.6 Å². The van der Waals surface area contributed by atoms with Gasteiger partial charge in [0.1, 0.15) is 10.4 Å². The highest BCUT2D eigenvalue weighted by Crippen LogP contribution is 2.49. The minimum atomic E-state index is -4.65. The molecule has 1 saturated carbocycles. The first-order valence-electron chi connectivity index (χ1n) is 5.42. The van der Waals surface area contributed by atoms with Crippen molar-refractivity contribution in [3.63, 3.8) is 0 Å². The summed E-state index contributed by atoms with van der Waals surface area (Å²) in [6, 6.07) is 5.02. The Kier molecular flexibility index (Phi) is 3.48. The summed E-state index contributed by atoms with van der Waals surface area (Å²) in [4.78, 5) is -0.478. The Morgan fingerprint density at radius 2 is 1.95 bits per heavy atom. The molecule has 4 nitrogen and oxygen atoms in total. The van der Waals surface area contributed by atoms with Crippen LogP contribution in [0.2, 0.25) is 5.02 Å². The third kappa shape index (κ3) is 2.61. The molecule has 0 spiro atoms. The van der Waals surface area contributed by atoms with E-state index >= 15 is 0 Å². The van der Waals surface area contributed by atoms with Crippen LogP contribution in [-0.4, -0.2) is 20.1 Å². The molecule has 1 fully saturated rings. The predicted molar refractivity (Wildman–Crippen MR) is 64.5 cm³/mol. The molecule has 0 atom stereocenters. The van der Waals surface area contributed by atoms with E-state index in [2.05, 4.69) is 0 Å². The van der Waals surface area contributed by atoms with Crippen LogP contribution >= 0.6 is 11.6 Å². The fourth-order valence-electron chi connectivity index (χ4n) is 1.67. The van der Waals surface area contributed by atoms with Crippen LogP contribution in [0.3, 0.4) is 0 Å². The van der Waals surface area contributed by atoms with Crippen LogP contribution in [0.25, 0.3) is 0 Å². The van der Waals surface area contributed by atoms with Crippen molar-refractivity contribution in [1.29, 1.82) is 5.26 Å². The van der Waals surface area contributed by atoms with Gasteiger partial charge in [0.2, 0.25) is 10.0 Å². The highest BCUT2D eigenvalue weighted by atomic mass is 35.5. The monoisotopic (exact) mass is 324 g/mol. The zero-order valence-electron chi connectivity index (χ0n) is 9.83. The molecule has 0 radical (unpaired) electrons. The van der Waals surface area contributed by atoms with Gasteiger partial charge in [0.05, 0.1) is 16.7 Å². The third-order valence-corrected chi connectivity index (χ3v) is 4.99. The van der Waals surface area contributed by atoms with Crippen molar-refractivity contribution in [2.45, 2.75) is 29.5 Å². The minimum absolute atomic E-state index is 0.117.